The average molecular weight is 351 g/mol. The Bertz CT molecular complexity index is 579. The quantitative estimate of drug-likeness (QED) is 0.668. The van der Waals surface area contributed by atoms with Crippen molar-refractivity contribution in [3.8, 4) is 0 Å². The molecular weight excluding hydrogens is 322 g/mol. The van der Waals surface area contributed by atoms with Gasteiger partial charge in [-0.2, -0.15) is 0 Å². The van der Waals surface area contributed by atoms with Crippen LogP contribution in [-0.2, 0) is 9.59 Å². The van der Waals surface area contributed by atoms with Crippen molar-refractivity contribution in [1.82, 2.24) is 10.5 Å². The maximum atomic E-state index is 12.5. The monoisotopic (exact) mass is 351 g/mol. The molecule has 2 amide bonds. The van der Waals surface area contributed by atoms with E-state index in [4.69, 9.17) is 4.52 Å². The molecule has 1 fully saturated rings. The molecule has 0 bridgehead atoms. The summed E-state index contributed by atoms with van der Waals surface area (Å²) in [7, 11) is 0. The van der Waals surface area contributed by atoms with Crippen LogP contribution in [0, 0.1) is 5.92 Å². The minimum atomic E-state index is -1.13. The summed E-state index contributed by atoms with van der Waals surface area (Å²) in [5.74, 6) is 0.457. The van der Waals surface area contributed by atoms with Crippen LogP contribution in [-0.4, -0.2) is 34.2 Å². The number of carbonyl (C=O) groups is 2. The summed E-state index contributed by atoms with van der Waals surface area (Å²) in [5, 5.41) is 19.1. The molecule has 2 rings (SSSR count). The van der Waals surface area contributed by atoms with E-state index < -0.39 is 18.1 Å². The topological polar surface area (TPSA) is 104 Å². The lowest BCUT2D eigenvalue weighted by atomic mass is 10.1. The Morgan fingerprint density at radius 3 is 2.60 bits per heavy atom. The molecule has 0 saturated heterocycles. The first-order valence-corrected chi connectivity index (χ1v) is 9.18. The smallest absolute Gasteiger partial charge is 0.249 e. The van der Waals surface area contributed by atoms with E-state index in [0.717, 1.165) is 25.0 Å². The highest BCUT2D eigenvalue weighted by atomic mass is 16.5. The van der Waals surface area contributed by atoms with E-state index in [-0.39, 0.29) is 11.8 Å². The zero-order chi connectivity index (χ0) is 18.4. The van der Waals surface area contributed by atoms with Crippen LogP contribution in [0.1, 0.15) is 71.0 Å². The number of nitrogens with one attached hydrogen (secondary N) is 2. The third kappa shape index (κ3) is 5.29. The lowest BCUT2D eigenvalue weighted by Crippen LogP contribution is -2.48. The minimum absolute atomic E-state index is 0.213. The third-order valence-electron chi connectivity index (χ3n) is 4.65. The normalized spacial score (nSPS) is 17.5. The average Bonchev–Trinajstić information content (AvgIpc) is 3.24. The van der Waals surface area contributed by atoms with E-state index >= 15 is 0 Å². The van der Waals surface area contributed by atoms with Gasteiger partial charge in [-0.15, -0.1) is 0 Å². The number of aliphatic hydroxyl groups excluding tert-OH is 1. The first-order valence-electron chi connectivity index (χ1n) is 9.18. The Balaban J connectivity index is 1.96. The number of carbonyl (C=O) groups excluding carboxylic acids is 2. The second-order valence-corrected chi connectivity index (χ2v) is 7.12. The van der Waals surface area contributed by atoms with Crippen molar-refractivity contribution in [2.75, 3.05) is 5.32 Å². The van der Waals surface area contributed by atoms with Crippen molar-refractivity contribution in [3.05, 3.63) is 11.8 Å². The summed E-state index contributed by atoms with van der Waals surface area (Å²) >= 11 is 0. The SMILES string of the molecule is CCCC(NC(=O)C(O)C(C)C)C(=O)Nc1cc(C2CCCC2)on1. The van der Waals surface area contributed by atoms with Gasteiger partial charge in [0, 0.05) is 12.0 Å². The van der Waals surface area contributed by atoms with E-state index in [1.54, 1.807) is 19.9 Å². The summed E-state index contributed by atoms with van der Waals surface area (Å²) in [6, 6.07) is 1.05. The Kier molecular flexibility index (Phi) is 6.99. The van der Waals surface area contributed by atoms with Gasteiger partial charge in [0.25, 0.3) is 0 Å². The van der Waals surface area contributed by atoms with Crippen LogP contribution in [0.5, 0.6) is 0 Å². The molecule has 2 atom stereocenters. The number of aromatic nitrogens is 1. The molecule has 1 aliphatic rings. The highest BCUT2D eigenvalue weighted by Crippen LogP contribution is 2.34. The minimum Gasteiger partial charge on any atom is -0.383 e. The van der Waals surface area contributed by atoms with Crippen LogP contribution in [0.4, 0.5) is 5.82 Å². The molecule has 1 aromatic heterocycles. The highest BCUT2D eigenvalue weighted by Gasteiger charge is 2.27. The first kappa shape index (κ1) is 19.4. The second kappa shape index (κ2) is 8.99. The number of hydrogen-bond donors (Lipinski definition) is 3. The largest absolute Gasteiger partial charge is 0.383 e. The molecule has 2 unspecified atom stereocenters. The lowest BCUT2D eigenvalue weighted by molar-refractivity contribution is -0.134. The molecule has 0 radical (unpaired) electrons. The van der Waals surface area contributed by atoms with Gasteiger partial charge in [0.05, 0.1) is 0 Å². The van der Waals surface area contributed by atoms with Crippen molar-refractivity contribution in [3.63, 3.8) is 0 Å². The van der Waals surface area contributed by atoms with Gasteiger partial charge in [0.15, 0.2) is 5.82 Å². The molecule has 1 heterocycles. The Morgan fingerprint density at radius 2 is 2.00 bits per heavy atom. The predicted molar refractivity (Wildman–Crippen MR) is 94.0 cm³/mol. The van der Waals surface area contributed by atoms with Gasteiger partial charge in [-0.05, 0) is 25.2 Å². The van der Waals surface area contributed by atoms with Crippen molar-refractivity contribution in [1.29, 1.82) is 0 Å². The van der Waals surface area contributed by atoms with Crippen LogP contribution in [0.25, 0.3) is 0 Å². The number of anilines is 1. The Labute approximate surface area is 148 Å². The molecule has 1 saturated carbocycles. The third-order valence-corrected chi connectivity index (χ3v) is 4.65. The molecule has 0 aromatic carbocycles. The van der Waals surface area contributed by atoms with E-state index in [2.05, 4.69) is 15.8 Å². The molecule has 140 valence electrons. The van der Waals surface area contributed by atoms with Crippen LogP contribution in [0.15, 0.2) is 10.6 Å². The molecule has 0 spiro atoms. The van der Waals surface area contributed by atoms with Gasteiger partial charge in [-0.25, -0.2) is 0 Å². The van der Waals surface area contributed by atoms with Crippen molar-refractivity contribution in [2.45, 2.75) is 77.4 Å². The zero-order valence-corrected chi connectivity index (χ0v) is 15.2. The van der Waals surface area contributed by atoms with Gasteiger partial charge in [0.2, 0.25) is 11.8 Å². The van der Waals surface area contributed by atoms with Crippen LogP contribution in [0.3, 0.4) is 0 Å². The van der Waals surface area contributed by atoms with Crippen LogP contribution >= 0.6 is 0 Å². The number of nitrogens with zero attached hydrogens (tertiary/aromatic N) is 1. The van der Waals surface area contributed by atoms with Crippen molar-refractivity contribution < 1.29 is 19.2 Å². The molecule has 7 nitrogen and oxygen atoms in total. The van der Waals surface area contributed by atoms with E-state index in [0.29, 0.717) is 18.2 Å². The maximum Gasteiger partial charge on any atom is 0.249 e. The predicted octanol–water partition coefficient (Wildman–Crippen LogP) is 2.57. The highest BCUT2D eigenvalue weighted by molar-refractivity contribution is 5.97. The molecule has 1 aliphatic carbocycles. The molecular formula is C18H29N3O4. The van der Waals surface area contributed by atoms with Gasteiger partial charge < -0.3 is 20.3 Å². The summed E-state index contributed by atoms with van der Waals surface area (Å²) in [5.41, 5.74) is 0. The molecule has 25 heavy (non-hydrogen) atoms. The van der Waals surface area contributed by atoms with Crippen LogP contribution < -0.4 is 10.6 Å². The van der Waals surface area contributed by atoms with Gasteiger partial charge >= 0.3 is 0 Å². The summed E-state index contributed by atoms with van der Waals surface area (Å²) < 4.78 is 5.35. The van der Waals surface area contributed by atoms with E-state index in [9.17, 15) is 14.7 Å². The van der Waals surface area contributed by atoms with Crippen molar-refractivity contribution in [2.24, 2.45) is 5.92 Å². The lowest BCUT2D eigenvalue weighted by Gasteiger charge is -2.20. The number of rotatable bonds is 8. The van der Waals surface area contributed by atoms with Gasteiger partial charge in [-0.1, -0.05) is 45.2 Å². The van der Waals surface area contributed by atoms with Gasteiger partial charge in [-0.3, -0.25) is 9.59 Å². The molecule has 7 heteroatoms. The maximum absolute atomic E-state index is 12.5. The standard InChI is InChI=1S/C18H29N3O4/c1-4-7-13(19-18(24)16(22)11(2)3)17(23)20-15-10-14(25-21-15)12-8-5-6-9-12/h10-13,16,22H,4-9H2,1-3H3,(H,19,24)(H,20,21,23). The van der Waals surface area contributed by atoms with Crippen LogP contribution in [0.2, 0.25) is 0 Å². The fraction of sp³-hybridized carbons (Fsp3) is 0.722. The fourth-order valence-corrected chi connectivity index (χ4v) is 3.08. The first-order chi connectivity index (χ1) is 11.9. The fourth-order valence-electron chi connectivity index (χ4n) is 3.08. The van der Waals surface area contributed by atoms with E-state index in [1.165, 1.54) is 12.8 Å². The molecule has 3 N–H and O–H groups in total. The summed E-state index contributed by atoms with van der Waals surface area (Å²) in [4.78, 5) is 24.5. The Hall–Kier alpha value is -1.89. The van der Waals surface area contributed by atoms with Crippen molar-refractivity contribution >= 4 is 17.6 Å². The number of amides is 2. The Morgan fingerprint density at radius 1 is 1.32 bits per heavy atom. The molecule has 1 aromatic rings. The second-order valence-electron chi connectivity index (χ2n) is 7.12. The van der Waals surface area contributed by atoms with E-state index in [1.807, 2.05) is 6.92 Å². The number of aliphatic hydroxyl groups is 1. The number of hydrogen-bond acceptors (Lipinski definition) is 5. The summed E-state index contributed by atoms with van der Waals surface area (Å²) in [6.07, 6.45) is 4.63. The molecule has 0 aliphatic heterocycles. The summed E-state index contributed by atoms with van der Waals surface area (Å²) in [6.45, 7) is 5.43. The van der Waals surface area contributed by atoms with Gasteiger partial charge in [0.1, 0.15) is 17.9 Å². The zero-order valence-electron chi connectivity index (χ0n) is 15.2.